The second-order valence-electron chi connectivity index (χ2n) is 7.26. The summed E-state index contributed by atoms with van der Waals surface area (Å²) in [6.45, 7) is 3.68. The van der Waals surface area contributed by atoms with Crippen LogP contribution < -0.4 is 5.56 Å². The van der Waals surface area contributed by atoms with Gasteiger partial charge in [-0.25, -0.2) is 17.4 Å². The Bertz CT molecular complexity index is 1170. The molecule has 2 aromatic heterocycles. The minimum Gasteiger partial charge on any atom is -0.310 e. The van der Waals surface area contributed by atoms with Gasteiger partial charge in [-0.2, -0.15) is 0 Å². The number of nitrogens with one attached hydrogen (secondary N) is 1. The van der Waals surface area contributed by atoms with Crippen LogP contribution in [0.1, 0.15) is 36.1 Å². The van der Waals surface area contributed by atoms with E-state index in [1.807, 2.05) is 6.07 Å². The Morgan fingerprint density at radius 1 is 1.14 bits per heavy atom. The maximum atomic E-state index is 13.0. The van der Waals surface area contributed by atoms with Crippen molar-refractivity contribution in [3.63, 3.8) is 0 Å². The molecule has 1 aliphatic heterocycles. The maximum Gasteiger partial charge on any atom is 0.267 e. The first-order valence-corrected chi connectivity index (χ1v) is 11.2. The Labute approximate surface area is 170 Å². The van der Waals surface area contributed by atoms with E-state index in [0.29, 0.717) is 30.8 Å². The monoisotopic (exact) mass is 412 g/mol. The normalized spacial score (nSPS) is 14.7. The molecule has 3 aromatic rings. The topological polar surface area (TPSA) is 88.1 Å². The van der Waals surface area contributed by atoms with Gasteiger partial charge in [0.15, 0.2) is 0 Å². The average molecular weight is 413 g/mol. The quantitative estimate of drug-likeness (QED) is 0.671. The Morgan fingerprint density at radius 2 is 1.93 bits per heavy atom. The number of benzene rings is 1. The van der Waals surface area contributed by atoms with E-state index in [1.165, 1.54) is 3.97 Å². The van der Waals surface area contributed by atoms with Crippen LogP contribution in [0, 0.1) is 0 Å². The molecule has 29 heavy (non-hydrogen) atoms. The SMILES string of the molecule is CCCc1nc2c(c(=O)[nH]1)CN(Cc1cccn1S(=O)(=O)c1ccccc1)CC2. The summed E-state index contributed by atoms with van der Waals surface area (Å²) in [5.41, 5.74) is 2.13. The minimum atomic E-state index is -3.65. The fraction of sp³-hybridized carbons (Fsp3) is 0.333. The molecule has 0 bridgehead atoms. The first kappa shape index (κ1) is 19.6. The van der Waals surface area contributed by atoms with Gasteiger partial charge < -0.3 is 4.98 Å². The summed E-state index contributed by atoms with van der Waals surface area (Å²) in [6, 6.07) is 11.9. The molecule has 0 unspecified atom stereocenters. The van der Waals surface area contributed by atoms with Crippen LogP contribution in [-0.4, -0.2) is 33.8 Å². The molecule has 0 aliphatic carbocycles. The number of aromatic amines is 1. The second-order valence-corrected chi connectivity index (χ2v) is 9.08. The lowest BCUT2D eigenvalue weighted by atomic mass is 10.1. The number of aromatic nitrogens is 3. The second kappa shape index (κ2) is 7.96. The van der Waals surface area contributed by atoms with Crippen LogP contribution in [0.5, 0.6) is 0 Å². The van der Waals surface area contributed by atoms with Crippen LogP contribution in [0.4, 0.5) is 0 Å². The van der Waals surface area contributed by atoms with Crippen molar-refractivity contribution in [2.75, 3.05) is 6.54 Å². The van der Waals surface area contributed by atoms with Gasteiger partial charge in [0.25, 0.3) is 15.6 Å². The number of aryl methyl sites for hydroxylation is 1. The summed E-state index contributed by atoms with van der Waals surface area (Å²) >= 11 is 0. The molecule has 1 aromatic carbocycles. The van der Waals surface area contributed by atoms with E-state index in [-0.39, 0.29) is 10.5 Å². The van der Waals surface area contributed by atoms with E-state index in [4.69, 9.17) is 0 Å². The molecule has 8 heteroatoms. The first-order chi connectivity index (χ1) is 14.0. The molecule has 0 saturated carbocycles. The Hall–Kier alpha value is -2.71. The number of hydrogen-bond donors (Lipinski definition) is 1. The van der Waals surface area contributed by atoms with Gasteiger partial charge in [0, 0.05) is 44.4 Å². The lowest BCUT2D eigenvalue weighted by molar-refractivity contribution is 0.238. The fourth-order valence-electron chi connectivity index (χ4n) is 3.72. The number of rotatable bonds is 6. The van der Waals surface area contributed by atoms with Crippen molar-refractivity contribution in [3.8, 4) is 0 Å². The zero-order valence-corrected chi connectivity index (χ0v) is 17.2. The average Bonchev–Trinajstić information content (AvgIpc) is 3.18. The summed E-state index contributed by atoms with van der Waals surface area (Å²) < 4.78 is 27.3. The summed E-state index contributed by atoms with van der Waals surface area (Å²) in [7, 11) is -3.65. The number of nitrogens with zero attached hydrogens (tertiary/aromatic N) is 3. The third-order valence-electron chi connectivity index (χ3n) is 5.16. The number of H-pyrrole nitrogens is 1. The van der Waals surface area contributed by atoms with Crippen molar-refractivity contribution >= 4 is 10.0 Å². The van der Waals surface area contributed by atoms with E-state index >= 15 is 0 Å². The van der Waals surface area contributed by atoms with Gasteiger partial charge in [-0.1, -0.05) is 25.1 Å². The molecule has 152 valence electrons. The highest BCUT2D eigenvalue weighted by molar-refractivity contribution is 7.90. The summed E-state index contributed by atoms with van der Waals surface area (Å²) in [5, 5.41) is 0. The van der Waals surface area contributed by atoms with Crippen molar-refractivity contribution in [2.45, 2.75) is 44.2 Å². The predicted molar refractivity (Wildman–Crippen MR) is 110 cm³/mol. The highest BCUT2D eigenvalue weighted by atomic mass is 32.2. The molecule has 7 nitrogen and oxygen atoms in total. The highest BCUT2D eigenvalue weighted by Crippen LogP contribution is 2.20. The molecule has 0 spiro atoms. The van der Waals surface area contributed by atoms with Gasteiger partial charge in [0.2, 0.25) is 0 Å². The lowest BCUT2D eigenvalue weighted by Gasteiger charge is -2.28. The molecule has 0 atom stereocenters. The minimum absolute atomic E-state index is 0.0876. The third-order valence-corrected chi connectivity index (χ3v) is 6.90. The van der Waals surface area contributed by atoms with Gasteiger partial charge in [-0.3, -0.25) is 9.69 Å². The summed E-state index contributed by atoms with van der Waals surface area (Å²) in [6.07, 6.45) is 3.95. The molecule has 4 rings (SSSR count). The van der Waals surface area contributed by atoms with Crippen LogP contribution in [-0.2, 0) is 36.0 Å². The number of fused-ring (bicyclic) bond motifs is 1. The molecule has 0 radical (unpaired) electrons. The van der Waals surface area contributed by atoms with Gasteiger partial charge in [0.1, 0.15) is 5.82 Å². The summed E-state index contributed by atoms with van der Waals surface area (Å²) in [4.78, 5) is 22.3. The van der Waals surface area contributed by atoms with Crippen LogP contribution in [0.15, 0.2) is 58.4 Å². The Balaban J connectivity index is 1.57. The predicted octanol–water partition coefficient (Wildman–Crippen LogP) is 2.32. The highest BCUT2D eigenvalue weighted by Gasteiger charge is 2.24. The smallest absolute Gasteiger partial charge is 0.267 e. The van der Waals surface area contributed by atoms with Gasteiger partial charge >= 0.3 is 0 Å². The maximum absolute atomic E-state index is 13.0. The Morgan fingerprint density at radius 3 is 2.69 bits per heavy atom. The van der Waals surface area contributed by atoms with E-state index in [1.54, 1.807) is 42.6 Å². The molecule has 0 fully saturated rings. The van der Waals surface area contributed by atoms with Crippen molar-refractivity contribution < 1.29 is 8.42 Å². The van der Waals surface area contributed by atoms with E-state index in [9.17, 15) is 13.2 Å². The van der Waals surface area contributed by atoms with Gasteiger partial charge in [-0.05, 0) is 30.7 Å². The van der Waals surface area contributed by atoms with Gasteiger partial charge in [0.05, 0.1) is 16.2 Å². The Kier molecular flexibility index (Phi) is 5.38. The molecule has 1 N–H and O–H groups in total. The third kappa shape index (κ3) is 3.90. The van der Waals surface area contributed by atoms with Crippen LogP contribution in [0.3, 0.4) is 0 Å². The lowest BCUT2D eigenvalue weighted by Crippen LogP contribution is -2.36. The fourth-order valence-corrected chi connectivity index (χ4v) is 5.10. The van der Waals surface area contributed by atoms with Crippen molar-refractivity contribution in [1.82, 2.24) is 18.8 Å². The molecular formula is C21H24N4O3S. The van der Waals surface area contributed by atoms with Crippen molar-refractivity contribution in [3.05, 3.63) is 81.8 Å². The zero-order valence-electron chi connectivity index (χ0n) is 16.3. The zero-order chi connectivity index (χ0) is 20.4. The standard InChI is InChI=1S/C21H24N4O3S/c1-2-7-20-22-19-11-13-24(15-18(19)21(26)23-20)14-16-8-6-12-25(16)29(27,28)17-9-4-3-5-10-17/h3-6,8-10,12H,2,7,11,13-15H2,1H3,(H,22,23,26). The van der Waals surface area contributed by atoms with Crippen LogP contribution >= 0.6 is 0 Å². The summed E-state index contributed by atoms with van der Waals surface area (Å²) in [5.74, 6) is 0.743. The van der Waals surface area contributed by atoms with Crippen molar-refractivity contribution in [1.29, 1.82) is 0 Å². The van der Waals surface area contributed by atoms with E-state index in [0.717, 1.165) is 30.9 Å². The molecule has 0 amide bonds. The van der Waals surface area contributed by atoms with Crippen LogP contribution in [0.25, 0.3) is 0 Å². The largest absolute Gasteiger partial charge is 0.310 e. The van der Waals surface area contributed by atoms with E-state index in [2.05, 4.69) is 21.8 Å². The van der Waals surface area contributed by atoms with E-state index < -0.39 is 10.0 Å². The van der Waals surface area contributed by atoms with Crippen LogP contribution in [0.2, 0.25) is 0 Å². The molecule has 0 saturated heterocycles. The first-order valence-electron chi connectivity index (χ1n) is 9.79. The van der Waals surface area contributed by atoms with Crippen molar-refractivity contribution in [2.24, 2.45) is 0 Å². The van der Waals surface area contributed by atoms with Gasteiger partial charge in [-0.15, -0.1) is 0 Å². The molecule has 3 heterocycles. The molecule has 1 aliphatic rings. The number of hydrogen-bond acceptors (Lipinski definition) is 5. The molecular weight excluding hydrogens is 388 g/mol.